The first kappa shape index (κ1) is 31.2. The number of fused-ring (bicyclic) bond motifs is 10. The third kappa shape index (κ3) is 4.07. The van der Waals surface area contributed by atoms with E-state index in [1.807, 2.05) is 0 Å². The minimum atomic E-state index is -0.270. The summed E-state index contributed by atoms with van der Waals surface area (Å²) in [6, 6.07) is 49.1. The predicted molar refractivity (Wildman–Crippen MR) is 220 cm³/mol. The van der Waals surface area contributed by atoms with Gasteiger partial charge in [-0.05, 0) is 85.1 Å². The molecule has 0 radical (unpaired) electrons. The van der Waals surface area contributed by atoms with Crippen molar-refractivity contribution in [3.05, 3.63) is 161 Å². The van der Waals surface area contributed by atoms with Gasteiger partial charge in [0.2, 0.25) is 0 Å². The molecule has 0 saturated carbocycles. The summed E-state index contributed by atoms with van der Waals surface area (Å²) in [6.07, 6.45) is 0. The van der Waals surface area contributed by atoms with Gasteiger partial charge in [-0.2, -0.15) is 0 Å². The number of nitrogens with zero attached hydrogens (tertiary/aromatic N) is 1. The summed E-state index contributed by atoms with van der Waals surface area (Å²) < 4.78 is 6.61. The summed E-state index contributed by atoms with van der Waals surface area (Å²) in [4.78, 5) is 2.60. The van der Waals surface area contributed by atoms with Crippen LogP contribution in [0.2, 0.25) is 0 Å². The van der Waals surface area contributed by atoms with Gasteiger partial charge >= 0.3 is 0 Å². The molecule has 0 fully saturated rings. The molecule has 2 aliphatic carbocycles. The first-order valence-corrected chi connectivity index (χ1v) is 18.6. The summed E-state index contributed by atoms with van der Waals surface area (Å²) >= 11 is 0. The molecular formula is C50H43NO. The minimum Gasteiger partial charge on any atom is -0.456 e. The molecule has 7 aromatic carbocycles. The molecule has 0 aliphatic heterocycles. The number of benzene rings is 7. The zero-order chi connectivity index (χ0) is 35.7. The fraction of sp³-hybridized carbons (Fsp3) is 0.200. The maximum atomic E-state index is 6.61. The van der Waals surface area contributed by atoms with Gasteiger partial charge < -0.3 is 9.32 Å². The Morgan fingerprint density at radius 2 is 1.06 bits per heavy atom. The van der Waals surface area contributed by atoms with Crippen LogP contribution >= 0.6 is 0 Å². The summed E-state index contributed by atoms with van der Waals surface area (Å²) in [5, 5.41) is 4.72. The van der Waals surface area contributed by atoms with Crippen molar-refractivity contribution in [2.24, 2.45) is 0 Å². The van der Waals surface area contributed by atoms with Crippen LogP contribution in [0.25, 0.3) is 55.0 Å². The third-order valence-corrected chi connectivity index (χ3v) is 12.1. The van der Waals surface area contributed by atoms with Crippen LogP contribution in [0.5, 0.6) is 0 Å². The molecule has 0 saturated heterocycles. The van der Waals surface area contributed by atoms with Crippen LogP contribution < -0.4 is 4.90 Å². The fourth-order valence-corrected chi connectivity index (χ4v) is 9.87. The fourth-order valence-electron chi connectivity index (χ4n) is 9.87. The number of furan rings is 1. The number of hydrogen-bond donors (Lipinski definition) is 0. The Labute approximate surface area is 306 Å². The van der Waals surface area contributed by atoms with Crippen molar-refractivity contribution in [3.63, 3.8) is 0 Å². The summed E-state index contributed by atoms with van der Waals surface area (Å²) in [5.74, 6) is 0. The molecule has 8 aromatic rings. The number of anilines is 3. The Balaban J connectivity index is 1.44. The zero-order valence-corrected chi connectivity index (χ0v) is 31.1. The average Bonchev–Trinajstić information content (AvgIpc) is 3.71. The van der Waals surface area contributed by atoms with E-state index in [4.69, 9.17) is 4.42 Å². The molecule has 0 spiro atoms. The highest BCUT2D eigenvalue weighted by Crippen LogP contribution is 2.66. The van der Waals surface area contributed by atoms with Gasteiger partial charge in [-0.1, -0.05) is 152 Å². The maximum absolute atomic E-state index is 6.61. The molecule has 2 aliphatic rings. The van der Waals surface area contributed by atoms with Crippen LogP contribution in [-0.4, -0.2) is 0 Å². The van der Waals surface area contributed by atoms with Crippen molar-refractivity contribution >= 4 is 49.8 Å². The Bertz CT molecular complexity index is 2700. The van der Waals surface area contributed by atoms with E-state index in [2.05, 4.69) is 187 Å². The minimum absolute atomic E-state index is 0.120. The van der Waals surface area contributed by atoms with Crippen molar-refractivity contribution in [3.8, 4) is 22.3 Å². The highest BCUT2D eigenvalue weighted by atomic mass is 16.3. The van der Waals surface area contributed by atoms with E-state index >= 15 is 0 Å². The molecule has 2 heteroatoms. The zero-order valence-electron chi connectivity index (χ0n) is 31.1. The number of hydrogen-bond acceptors (Lipinski definition) is 2. The quantitative estimate of drug-likeness (QED) is 0.186. The highest BCUT2D eigenvalue weighted by Gasteiger charge is 2.50. The highest BCUT2D eigenvalue weighted by molar-refractivity contribution is 6.09. The molecule has 0 N–H and O–H groups in total. The number of rotatable bonds is 3. The summed E-state index contributed by atoms with van der Waals surface area (Å²) in [6.45, 7) is 17.0. The lowest BCUT2D eigenvalue weighted by atomic mass is 9.70. The van der Waals surface area contributed by atoms with E-state index in [1.54, 1.807) is 0 Å². The second-order valence-electron chi connectivity index (χ2n) is 16.9. The Morgan fingerprint density at radius 1 is 0.519 bits per heavy atom. The molecule has 52 heavy (non-hydrogen) atoms. The van der Waals surface area contributed by atoms with Crippen LogP contribution in [0, 0.1) is 0 Å². The molecule has 2 nitrogen and oxygen atoms in total. The van der Waals surface area contributed by atoms with E-state index in [1.165, 1.54) is 72.2 Å². The molecule has 254 valence electrons. The van der Waals surface area contributed by atoms with E-state index < -0.39 is 0 Å². The van der Waals surface area contributed by atoms with Crippen LogP contribution in [0.1, 0.15) is 76.3 Å². The normalized spacial score (nSPS) is 15.1. The summed E-state index contributed by atoms with van der Waals surface area (Å²) in [7, 11) is 0. The molecule has 1 heterocycles. The second-order valence-corrected chi connectivity index (χ2v) is 16.9. The molecule has 1 aromatic heterocycles. The Morgan fingerprint density at radius 3 is 1.71 bits per heavy atom. The van der Waals surface area contributed by atoms with Crippen molar-refractivity contribution in [1.29, 1.82) is 0 Å². The first-order chi connectivity index (χ1) is 25.0. The van der Waals surface area contributed by atoms with Gasteiger partial charge in [0.05, 0.1) is 11.4 Å². The van der Waals surface area contributed by atoms with Crippen LogP contribution in [0.15, 0.2) is 138 Å². The molecule has 0 amide bonds. The molecule has 0 unspecified atom stereocenters. The van der Waals surface area contributed by atoms with E-state index in [-0.39, 0.29) is 16.2 Å². The molecule has 0 atom stereocenters. The number of para-hydroxylation sites is 1. The summed E-state index contributed by atoms with van der Waals surface area (Å²) in [5.41, 5.74) is 17.2. The standard InChI is InChI=1S/C50H43NO/c1-48(2,3)44-42-35-21-10-13-23-37(35)49(4,5)45(42)47(46-43(44)36-22-11-14-24-38(36)50(46,6)7)51(39-25-16-18-30-17-8-9-19-32(30)39)31-27-28-34-33-20-12-15-26-40(33)52-41(34)29-31/h8-29H,1-7H3. The third-order valence-electron chi connectivity index (χ3n) is 12.1. The average molecular weight is 674 g/mol. The molecular weight excluding hydrogens is 631 g/mol. The van der Waals surface area contributed by atoms with Gasteiger partial charge in [-0.15, -0.1) is 0 Å². The smallest absolute Gasteiger partial charge is 0.137 e. The van der Waals surface area contributed by atoms with Gasteiger partial charge in [0.15, 0.2) is 0 Å². The van der Waals surface area contributed by atoms with Crippen molar-refractivity contribution < 1.29 is 4.42 Å². The second kappa shape index (κ2) is 10.5. The van der Waals surface area contributed by atoms with Crippen LogP contribution in [0.4, 0.5) is 17.1 Å². The van der Waals surface area contributed by atoms with Crippen molar-refractivity contribution in [1.82, 2.24) is 0 Å². The molecule has 10 rings (SSSR count). The van der Waals surface area contributed by atoms with E-state index in [9.17, 15) is 0 Å². The van der Waals surface area contributed by atoms with Crippen LogP contribution in [-0.2, 0) is 16.2 Å². The lowest BCUT2D eigenvalue weighted by molar-refractivity contribution is 0.587. The maximum Gasteiger partial charge on any atom is 0.137 e. The lowest BCUT2D eigenvalue weighted by Gasteiger charge is -2.39. The van der Waals surface area contributed by atoms with Gasteiger partial charge in [-0.25, -0.2) is 0 Å². The first-order valence-electron chi connectivity index (χ1n) is 18.6. The van der Waals surface area contributed by atoms with E-state index in [0.29, 0.717) is 0 Å². The Hall–Kier alpha value is -5.60. The van der Waals surface area contributed by atoms with E-state index in [0.717, 1.165) is 27.6 Å². The van der Waals surface area contributed by atoms with Gasteiger partial charge in [0.25, 0.3) is 0 Å². The molecule has 0 bridgehead atoms. The van der Waals surface area contributed by atoms with Gasteiger partial charge in [0, 0.05) is 38.7 Å². The van der Waals surface area contributed by atoms with Crippen LogP contribution in [0.3, 0.4) is 0 Å². The lowest BCUT2D eigenvalue weighted by Crippen LogP contribution is -2.27. The van der Waals surface area contributed by atoms with Crippen molar-refractivity contribution in [2.75, 3.05) is 4.90 Å². The topological polar surface area (TPSA) is 16.4 Å². The largest absolute Gasteiger partial charge is 0.456 e. The Kier molecular flexibility index (Phi) is 6.28. The monoisotopic (exact) mass is 673 g/mol. The van der Waals surface area contributed by atoms with Crippen molar-refractivity contribution in [2.45, 2.75) is 64.7 Å². The SMILES string of the molecule is CC(C)(C)c1c2c(c(N(c3ccc4c(c3)oc3ccccc34)c3cccc4ccccc34)c3c1-c1ccccc1C3(C)C)C(C)(C)c1ccccc1-2. The van der Waals surface area contributed by atoms with Gasteiger partial charge in [-0.3, -0.25) is 0 Å². The van der Waals surface area contributed by atoms with Gasteiger partial charge in [0.1, 0.15) is 11.2 Å². The predicted octanol–water partition coefficient (Wildman–Crippen LogP) is 14.1.